The van der Waals surface area contributed by atoms with Gasteiger partial charge in [0.1, 0.15) is 5.76 Å². The molecule has 1 nitrogen and oxygen atoms in total. The summed E-state index contributed by atoms with van der Waals surface area (Å²) in [6.07, 6.45) is 12.4. The molecule has 2 rings (SSSR count). The molecule has 0 radical (unpaired) electrons. The number of hydrogen-bond acceptors (Lipinski definition) is 1. The van der Waals surface area contributed by atoms with Crippen molar-refractivity contribution in [1.29, 1.82) is 0 Å². The first-order valence-corrected chi connectivity index (χ1v) is 5.35. The topological polar surface area (TPSA) is 13.1 Å². The zero-order valence-corrected chi connectivity index (χ0v) is 9.21. The summed E-state index contributed by atoms with van der Waals surface area (Å²) in [4.78, 5) is 0. The zero-order chi connectivity index (χ0) is 10.4. The molecule has 0 aliphatic heterocycles. The van der Waals surface area contributed by atoms with Gasteiger partial charge < -0.3 is 4.42 Å². The van der Waals surface area contributed by atoms with Crippen molar-refractivity contribution in [1.82, 2.24) is 0 Å². The molecule has 1 aliphatic carbocycles. The van der Waals surface area contributed by atoms with Gasteiger partial charge in [0.25, 0.3) is 0 Å². The average Bonchev–Trinajstić information content (AvgIpc) is 2.49. The molecule has 0 atom stereocenters. The van der Waals surface area contributed by atoms with Crippen LogP contribution in [0.15, 0.2) is 22.8 Å². The molecular weight excluding hydrogens is 172 g/mol. The highest BCUT2D eigenvalue weighted by Crippen LogP contribution is 2.23. The molecule has 0 bridgehead atoms. The Kier molecular flexibility index (Phi) is 4.24. The minimum atomic E-state index is 1.00. The zero-order valence-electron chi connectivity index (χ0n) is 9.21. The van der Waals surface area contributed by atoms with E-state index >= 15 is 0 Å². The van der Waals surface area contributed by atoms with Crippen LogP contribution < -0.4 is 0 Å². The Hall–Kier alpha value is -1.24. The molecule has 0 saturated carbocycles. The van der Waals surface area contributed by atoms with Gasteiger partial charge in [-0.05, 0) is 24.5 Å². The van der Waals surface area contributed by atoms with Crippen LogP contribution in [0, 0.1) is 0 Å². The van der Waals surface area contributed by atoms with Gasteiger partial charge in [-0.2, -0.15) is 0 Å². The summed E-state index contributed by atoms with van der Waals surface area (Å²) >= 11 is 0. The van der Waals surface area contributed by atoms with Crippen LogP contribution in [-0.2, 0) is 6.42 Å². The minimum Gasteiger partial charge on any atom is -0.464 e. The van der Waals surface area contributed by atoms with Gasteiger partial charge >= 0.3 is 0 Å². The Labute approximate surface area is 86.1 Å². The largest absolute Gasteiger partial charge is 0.464 e. The minimum absolute atomic E-state index is 1.00. The van der Waals surface area contributed by atoms with Gasteiger partial charge in [-0.3, -0.25) is 0 Å². The van der Waals surface area contributed by atoms with Crippen LogP contribution in [-0.4, -0.2) is 0 Å². The lowest BCUT2D eigenvalue weighted by atomic mass is 10.1. The fourth-order valence-corrected chi connectivity index (χ4v) is 1.45. The number of furan rings is 1. The third-order valence-electron chi connectivity index (χ3n) is 2.15. The Morgan fingerprint density at radius 1 is 1.21 bits per heavy atom. The first kappa shape index (κ1) is 10.8. The summed E-state index contributed by atoms with van der Waals surface area (Å²) in [6.45, 7) is 6.15. The van der Waals surface area contributed by atoms with Crippen LogP contribution in [0.2, 0.25) is 0 Å². The average molecular weight is 190 g/mol. The molecule has 1 aromatic rings. The second-order valence-electron chi connectivity index (χ2n) is 2.93. The second-order valence-corrected chi connectivity index (χ2v) is 2.93. The lowest BCUT2D eigenvalue weighted by Gasteiger charge is -1.91. The van der Waals surface area contributed by atoms with Crippen LogP contribution in [0.5, 0.6) is 0 Å². The maximum Gasteiger partial charge on any atom is 0.133 e. The van der Waals surface area contributed by atoms with E-state index in [1.165, 1.54) is 11.1 Å². The summed E-state index contributed by atoms with van der Waals surface area (Å²) in [5, 5.41) is 0. The van der Waals surface area contributed by atoms with Crippen LogP contribution in [0.4, 0.5) is 0 Å². The van der Waals surface area contributed by atoms with E-state index in [4.69, 9.17) is 4.42 Å². The van der Waals surface area contributed by atoms with Gasteiger partial charge in [-0.1, -0.05) is 39.0 Å². The molecule has 0 amide bonds. The van der Waals surface area contributed by atoms with Crippen molar-refractivity contribution in [3.8, 4) is 0 Å². The van der Waals surface area contributed by atoms with Gasteiger partial charge in [-0.25, -0.2) is 0 Å². The number of hydrogen-bond donors (Lipinski definition) is 0. The smallest absolute Gasteiger partial charge is 0.133 e. The maximum absolute atomic E-state index is 5.42. The van der Waals surface area contributed by atoms with Gasteiger partial charge in [0, 0.05) is 5.56 Å². The van der Waals surface area contributed by atoms with Gasteiger partial charge in [-0.15, -0.1) is 0 Å². The summed E-state index contributed by atoms with van der Waals surface area (Å²) in [5.74, 6) is 1.00. The van der Waals surface area contributed by atoms with E-state index in [0.717, 1.165) is 18.6 Å². The fraction of sp³-hybridized carbons (Fsp3) is 0.385. The van der Waals surface area contributed by atoms with Crippen LogP contribution in [0.3, 0.4) is 0 Å². The second kappa shape index (κ2) is 5.48. The standard InChI is InChI=1S/C11H12O.C2H6/c1-2-9-8-12-11-7-5-3-4-6-10(9)11;1-2/h4-8H,2-3H2,1H3;1-2H3. The molecule has 14 heavy (non-hydrogen) atoms. The number of rotatable bonds is 1. The number of aryl methyl sites for hydroxylation is 1. The highest BCUT2D eigenvalue weighted by Gasteiger charge is 2.07. The molecule has 1 aliphatic rings. The molecule has 76 valence electrons. The Morgan fingerprint density at radius 2 is 1.93 bits per heavy atom. The highest BCUT2D eigenvalue weighted by molar-refractivity contribution is 5.66. The molecule has 0 fully saturated rings. The molecule has 1 heteroatoms. The molecule has 0 spiro atoms. The van der Waals surface area contributed by atoms with E-state index in [1.54, 1.807) is 0 Å². The van der Waals surface area contributed by atoms with Crippen molar-refractivity contribution in [3.63, 3.8) is 0 Å². The molecule has 0 saturated heterocycles. The maximum atomic E-state index is 5.42. The van der Waals surface area contributed by atoms with E-state index in [2.05, 4.69) is 31.2 Å². The first-order chi connectivity index (χ1) is 6.92. The highest BCUT2D eigenvalue weighted by atomic mass is 16.3. The molecule has 0 unspecified atom stereocenters. The summed E-state index contributed by atoms with van der Waals surface area (Å²) in [6, 6.07) is 0. The van der Waals surface area contributed by atoms with Crippen molar-refractivity contribution in [2.45, 2.75) is 33.6 Å². The fourth-order valence-electron chi connectivity index (χ4n) is 1.45. The van der Waals surface area contributed by atoms with E-state index in [9.17, 15) is 0 Å². The first-order valence-electron chi connectivity index (χ1n) is 5.35. The Bertz CT molecular complexity index is 329. The van der Waals surface area contributed by atoms with Crippen molar-refractivity contribution in [3.05, 3.63) is 35.3 Å². The normalized spacial score (nSPS) is 12.8. The van der Waals surface area contributed by atoms with Crippen LogP contribution in [0.25, 0.3) is 12.2 Å². The van der Waals surface area contributed by atoms with E-state index in [-0.39, 0.29) is 0 Å². The van der Waals surface area contributed by atoms with Crippen molar-refractivity contribution < 1.29 is 4.42 Å². The van der Waals surface area contributed by atoms with E-state index < -0.39 is 0 Å². The lowest BCUT2D eigenvalue weighted by Crippen LogP contribution is -1.79. The van der Waals surface area contributed by atoms with Crippen molar-refractivity contribution >= 4 is 12.2 Å². The molecular formula is C13H18O. The predicted octanol–water partition coefficient (Wildman–Crippen LogP) is 4.30. The van der Waals surface area contributed by atoms with Gasteiger partial charge in [0.05, 0.1) is 6.26 Å². The molecule has 0 N–H and O–H groups in total. The van der Waals surface area contributed by atoms with E-state index in [1.807, 2.05) is 20.1 Å². The molecule has 1 aromatic heterocycles. The molecule has 1 heterocycles. The summed E-state index contributed by atoms with van der Waals surface area (Å²) in [5.41, 5.74) is 2.55. The number of fused-ring (bicyclic) bond motifs is 1. The Morgan fingerprint density at radius 3 is 2.64 bits per heavy atom. The monoisotopic (exact) mass is 190 g/mol. The van der Waals surface area contributed by atoms with Gasteiger partial charge in [0.2, 0.25) is 0 Å². The predicted molar refractivity (Wildman–Crippen MR) is 62.1 cm³/mol. The lowest BCUT2D eigenvalue weighted by molar-refractivity contribution is 0.553. The summed E-state index contributed by atoms with van der Waals surface area (Å²) in [7, 11) is 0. The van der Waals surface area contributed by atoms with Crippen LogP contribution in [0.1, 0.15) is 44.1 Å². The third kappa shape index (κ3) is 2.16. The Balaban J connectivity index is 0.000000461. The third-order valence-corrected chi connectivity index (χ3v) is 2.15. The van der Waals surface area contributed by atoms with Gasteiger partial charge in [0.15, 0.2) is 0 Å². The van der Waals surface area contributed by atoms with Crippen LogP contribution >= 0.6 is 0 Å². The SMILES string of the molecule is CC.CCc1coc2c1C=CCC=C2. The quantitative estimate of drug-likeness (QED) is 0.643. The van der Waals surface area contributed by atoms with Crippen molar-refractivity contribution in [2.75, 3.05) is 0 Å². The molecule has 0 aromatic carbocycles. The van der Waals surface area contributed by atoms with Crippen molar-refractivity contribution in [2.24, 2.45) is 0 Å². The van der Waals surface area contributed by atoms with E-state index in [0.29, 0.717) is 0 Å². The number of allylic oxidation sites excluding steroid dienone is 2. The summed E-state index contributed by atoms with van der Waals surface area (Å²) < 4.78 is 5.42.